The van der Waals surface area contributed by atoms with Crippen molar-refractivity contribution >= 4 is 34.8 Å². The Kier molecular flexibility index (Phi) is 6.13. The Labute approximate surface area is 145 Å². The lowest BCUT2D eigenvalue weighted by Crippen LogP contribution is -2.31. The second-order valence-electron chi connectivity index (χ2n) is 4.74. The maximum Gasteiger partial charge on any atom is 0.242 e. The van der Waals surface area contributed by atoms with Crippen molar-refractivity contribution in [2.75, 3.05) is 25.0 Å². The normalized spacial score (nSPS) is 10.3. The minimum atomic E-state index is -0.238. The molecule has 0 atom stereocenters. The van der Waals surface area contributed by atoms with Gasteiger partial charge in [-0.25, -0.2) is 0 Å². The molecule has 4 nitrogen and oxygen atoms in total. The Hall–Kier alpha value is -1.91. The van der Waals surface area contributed by atoms with E-state index >= 15 is 0 Å². The minimum Gasteiger partial charge on any atom is -0.497 e. The molecule has 23 heavy (non-hydrogen) atoms. The van der Waals surface area contributed by atoms with Crippen LogP contribution in [0.1, 0.15) is 5.56 Å². The molecule has 2 aromatic rings. The van der Waals surface area contributed by atoms with Crippen LogP contribution in [0.5, 0.6) is 11.5 Å². The van der Waals surface area contributed by atoms with Crippen molar-refractivity contribution < 1.29 is 14.3 Å². The van der Waals surface area contributed by atoms with E-state index in [4.69, 9.17) is 32.7 Å². The lowest BCUT2D eigenvalue weighted by atomic mass is 10.1. The summed E-state index contributed by atoms with van der Waals surface area (Å²) in [7, 11) is 3.16. The summed E-state index contributed by atoms with van der Waals surface area (Å²) in [5, 5.41) is 0.485. The first kappa shape index (κ1) is 17.4. The van der Waals surface area contributed by atoms with Gasteiger partial charge in [-0.05, 0) is 24.3 Å². The SMILES string of the molecule is COc1ccc(CN(C(=O)CCl)c2ccccc2Cl)c(OC)c1. The Morgan fingerprint density at radius 3 is 2.48 bits per heavy atom. The van der Waals surface area contributed by atoms with Crippen LogP contribution in [-0.4, -0.2) is 26.0 Å². The number of hydrogen-bond acceptors (Lipinski definition) is 3. The number of hydrogen-bond donors (Lipinski definition) is 0. The van der Waals surface area contributed by atoms with Crippen LogP contribution >= 0.6 is 23.2 Å². The van der Waals surface area contributed by atoms with Crippen molar-refractivity contribution in [1.82, 2.24) is 0 Å². The van der Waals surface area contributed by atoms with Gasteiger partial charge < -0.3 is 14.4 Å². The van der Waals surface area contributed by atoms with Gasteiger partial charge in [0.05, 0.1) is 31.5 Å². The molecule has 0 saturated heterocycles. The molecule has 0 aromatic heterocycles. The number of anilines is 1. The molecule has 0 saturated carbocycles. The molecule has 0 bridgehead atoms. The van der Waals surface area contributed by atoms with Crippen molar-refractivity contribution in [1.29, 1.82) is 0 Å². The van der Waals surface area contributed by atoms with Crippen LogP contribution in [0.4, 0.5) is 5.69 Å². The number of alkyl halides is 1. The number of carbonyl (C=O) groups excluding carboxylic acids is 1. The fourth-order valence-electron chi connectivity index (χ4n) is 2.20. The van der Waals surface area contributed by atoms with Crippen LogP contribution in [0.3, 0.4) is 0 Å². The summed E-state index contributed by atoms with van der Waals surface area (Å²) in [5.41, 5.74) is 1.43. The molecule has 2 rings (SSSR count). The summed E-state index contributed by atoms with van der Waals surface area (Å²) >= 11 is 12.0. The topological polar surface area (TPSA) is 38.8 Å². The molecule has 0 heterocycles. The van der Waals surface area contributed by atoms with E-state index in [0.29, 0.717) is 28.8 Å². The Morgan fingerprint density at radius 1 is 1.13 bits per heavy atom. The van der Waals surface area contributed by atoms with Gasteiger partial charge in [0.15, 0.2) is 0 Å². The molecule has 0 N–H and O–H groups in total. The summed E-state index contributed by atoms with van der Waals surface area (Å²) in [4.78, 5) is 13.8. The molecular weight excluding hydrogens is 337 g/mol. The number of amides is 1. The number of ether oxygens (including phenoxy) is 2. The number of halogens is 2. The smallest absolute Gasteiger partial charge is 0.242 e. The maximum absolute atomic E-state index is 12.3. The van der Waals surface area contributed by atoms with Gasteiger partial charge >= 0.3 is 0 Å². The van der Waals surface area contributed by atoms with Gasteiger partial charge in [-0.3, -0.25) is 4.79 Å². The number of nitrogens with zero attached hydrogens (tertiary/aromatic N) is 1. The highest BCUT2D eigenvalue weighted by atomic mass is 35.5. The van der Waals surface area contributed by atoms with E-state index in [9.17, 15) is 4.79 Å². The molecule has 0 aliphatic rings. The largest absolute Gasteiger partial charge is 0.497 e. The molecule has 122 valence electrons. The number of para-hydroxylation sites is 1. The third-order valence-corrected chi connectivity index (χ3v) is 3.93. The van der Waals surface area contributed by atoms with Crippen LogP contribution in [0.15, 0.2) is 42.5 Å². The molecular formula is C17H17Cl2NO3. The predicted molar refractivity (Wildman–Crippen MR) is 92.9 cm³/mol. The third kappa shape index (κ3) is 4.09. The summed E-state index contributed by atoms with van der Waals surface area (Å²) in [6.07, 6.45) is 0. The third-order valence-electron chi connectivity index (χ3n) is 3.38. The minimum absolute atomic E-state index is 0.135. The summed E-state index contributed by atoms with van der Waals surface area (Å²) in [6.45, 7) is 0.294. The zero-order valence-electron chi connectivity index (χ0n) is 12.9. The van der Waals surface area contributed by atoms with Gasteiger partial charge in [-0.2, -0.15) is 0 Å². The van der Waals surface area contributed by atoms with Gasteiger partial charge in [0, 0.05) is 11.6 Å². The zero-order chi connectivity index (χ0) is 16.8. The van der Waals surface area contributed by atoms with Crippen LogP contribution < -0.4 is 14.4 Å². The Balaban J connectivity index is 2.39. The molecule has 0 aliphatic carbocycles. The van der Waals surface area contributed by atoms with Crippen molar-refractivity contribution in [3.8, 4) is 11.5 Å². The van der Waals surface area contributed by atoms with Crippen molar-refractivity contribution in [3.05, 3.63) is 53.1 Å². The standard InChI is InChI=1S/C17H17Cl2NO3/c1-22-13-8-7-12(16(9-13)23-2)11-20(17(21)10-18)15-6-4-3-5-14(15)19/h3-9H,10-11H2,1-2H3. The molecule has 0 unspecified atom stereocenters. The first-order valence-electron chi connectivity index (χ1n) is 6.92. The zero-order valence-corrected chi connectivity index (χ0v) is 14.4. The van der Waals surface area contributed by atoms with Crippen LogP contribution in [-0.2, 0) is 11.3 Å². The first-order valence-corrected chi connectivity index (χ1v) is 7.83. The molecule has 0 spiro atoms. The van der Waals surface area contributed by atoms with Gasteiger partial charge in [-0.1, -0.05) is 23.7 Å². The summed E-state index contributed by atoms with van der Waals surface area (Å²) in [6, 6.07) is 12.6. The molecule has 0 radical (unpaired) electrons. The number of methoxy groups -OCH3 is 2. The van der Waals surface area contributed by atoms with E-state index in [1.165, 1.54) is 0 Å². The van der Waals surface area contributed by atoms with Crippen LogP contribution in [0.25, 0.3) is 0 Å². The average Bonchev–Trinajstić information content (AvgIpc) is 2.59. The number of carbonyl (C=O) groups is 1. The Bertz CT molecular complexity index is 691. The highest BCUT2D eigenvalue weighted by Crippen LogP contribution is 2.31. The van der Waals surface area contributed by atoms with Crippen molar-refractivity contribution in [2.24, 2.45) is 0 Å². The fourth-order valence-corrected chi connectivity index (χ4v) is 2.59. The summed E-state index contributed by atoms with van der Waals surface area (Å²) in [5.74, 6) is 0.934. The predicted octanol–water partition coefficient (Wildman–Crippen LogP) is 4.13. The highest BCUT2D eigenvalue weighted by Gasteiger charge is 2.19. The monoisotopic (exact) mass is 353 g/mol. The number of rotatable bonds is 6. The second-order valence-corrected chi connectivity index (χ2v) is 5.42. The fraction of sp³-hybridized carbons (Fsp3) is 0.235. The quantitative estimate of drug-likeness (QED) is 0.733. The van der Waals surface area contributed by atoms with E-state index in [0.717, 1.165) is 5.56 Å². The van der Waals surface area contributed by atoms with Crippen molar-refractivity contribution in [2.45, 2.75) is 6.54 Å². The van der Waals surface area contributed by atoms with Gasteiger partial charge in [0.25, 0.3) is 0 Å². The molecule has 0 aliphatic heterocycles. The van der Waals surface area contributed by atoms with Gasteiger partial charge in [0.1, 0.15) is 17.4 Å². The van der Waals surface area contributed by atoms with Crippen molar-refractivity contribution in [3.63, 3.8) is 0 Å². The van der Waals surface area contributed by atoms with E-state index < -0.39 is 0 Å². The van der Waals surface area contributed by atoms with E-state index in [-0.39, 0.29) is 11.8 Å². The van der Waals surface area contributed by atoms with Crippen LogP contribution in [0, 0.1) is 0 Å². The lowest BCUT2D eigenvalue weighted by Gasteiger charge is -2.24. The number of benzene rings is 2. The van der Waals surface area contributed by atoms with Gasteiger partial charge in [0.2, 0.25) is 5.91 Å². The first-order chi connectivity index (χ1) is 11.1. The van der Waals surface area contributed by atoms with E-state index in [1.807, 2.05) is 24.3 Å². The van der Waals surface area contributed by atoms with Gasteiger partial charge in [-0.15, -0.1) is 11.6 Å². The molecule has 6 heteroatoms. The maximum atomic E-state index is 12.3. The molecule has 2 aromatic carbocycles. The van der Waals surface area contributed by atoms with Crippen LogP contribution in [0.2, 0.25) is 5.02 Å². The molecule has 0 fully saturated rings. The Morgan fingerprint density at radius 2 is 1.87 bits per heavy atom. The average molecular weight is 354 g/mol. The lowest BCUT2D eigenvalue weighted by molar-refractivity contribution is -0.116. The highest BCUT2D eigenvalue weighted by molar-refractivity contribution is 6.35. The molecule has 1 amide bonds. The summed E-state index contributed by atoms with van der Waals surface area (Å²) < 4.78 is 10.6. The second kappa shape index (κ2) is 8.09. The van der Waals surface area contributed by atoms with E-state index in [2.05, 4.69) is 0 Å². The van der Waals surface area contributed by atoms with E-state index in [1.54, 1.807) is 37.3 Å².